The fourth-order valence-corrected chi connectivity index (χ4v) is 20.1. The maximum atomic E-state index is 14.8. The number of ether oxygens (including phenoxy) is 4. The molecule has 4 N–H and O–H groups in total. The molecule has 8 aliphatic carbocycles. The standard InChI is InChI=1S/C55H78N2O9/c1-27-17-34-44(35-22-43-55(62,50(27,35)9)29(3)54(65-43)16-14-47(6,60)26-63-54)40(58)20-31-19-37-39(24-49(31,34)8)56-36-18-30-11-12-32-33(48(30,7)23-38(36)57-37)21-42(59)52(32)25-41-45(51(52,10)61)28(2)53(64-41)15-13-46(4,5)66-53/h22,27-34,40-41,43-45,58,60-62H,11-21,23-26H2,1-10H3/t27-,28+,29-,30+,31-,32-,33+,34+,40+,41+,43+,44-,45+,47+,48+,49+,50+,51+,52+,53-,54-,55-/m1/s1. The van der Waals surface area contributed by atoms with Crippen LogP contribution >= 0.6 is 0 Å². The second-order valence-corrected chi connectivity index (χ2v) is 27.1. The van der Waals surface area contributed by atoms with Crippen molar-refractivity contribution in [2.75, 3.05) is 6.61 Å². The van der Waals surface area contributed by atoms with Crippen LogP contribution in [0.15, 0.2) is 11.6 Å². The van der Waals surface area contributed by atoms with Crippen molar-refractivity contribution in [3.8, 4) is 0 Å². The second kappa shape index (κ2) is 13.0. The van der Waals surface area contributed by atoms with Crippen LogP contribution in [0, 0.1) is 80.8 Å². The van der Waals surface area contributed by atoms with Crippen LogP contribution in [0.5, 0.6) is 0 Å². The number of aromatic nitrogens is 2. The molecule has 22 atom stereocenters. The van der Waals surface area contributed by atoms with Crippen molar-refractivity contribution in [1.29, 1.82) is 0 Å². The summed E-state index contributed by atoms with van der Waals surface area (Å²) >= 11 is 0. The highest BCUT2D eigenvalue weighted by Gasteiger charge is 2.79. The highest BCUT2D eigenvalue weighted by atomic mass is 16.7. The summed E-state index contributed by atoms with van der Waals surface area (Å²) in [6, 6.07) is 0. The highest BCUT2D eigenvalue weighted by Crippen LogP contribution is 2.75. The van der Waals surface area contributed by atoms with Crippen molar-refractivity contribution in [2.45, 2.75) is 211 Å². The van der Waals surface area contributed by atoms with Gasteiger partial charge in [-0.3, -0.25) is 14.8 Å². The minimum absolute atomic E-state index is 0.00335. The maximum Gasteiger partial charge on any atom is 0.174 e. The molecular weight excluding hydrogens is 833 g/mol. The lowest BCUT2D eigenvalue weighted by Crippen LogP contribution is -2.64. The third-order valence-corrected chi connectivity index (χ3v) is 24.0. The molecule has 3 spiro atoms. The van der Waals surface area contributed by atoms with E-state index in [0.717, 1.165) is 80.6 Å². The van der Waals surface area contributed by atoms with Crippen LogP contribution in [-0.2, 0) is 49.4 Å². The molecule has 0 unspecified atom stereocenters. The Morgan fingerprint density at radius 3 is 2.03 bits per heavy atom. The summed E-state index contributed by atoms with van der Waals surface area (Å²) in [6.07, 6.45) is 11.7. The number of hydrogen-bond donors (Lipinski definition) is 4. The minimum Gasteiger partial charge on any atom is -0.392 e. The van der Waals surface area contributed by atoms with E-state index in [0.29, 0.717) is 38.0 Å². The number of fused-ring (bicyclic) bond motifs is 14. The molecule has 13 rings (SSSR count). The third-order valence-electron chi connectivity index (χ3n) is 24.0. The van der Waals surface area contributed by atoms with Crippen molar-refractivity contribution in [3.05, 3.63) is 34.4 Å². The van der Waals surface area contributed by atoms with Gasteiger partial charge >= 0.3 is 0 Å². The molecule has 4 saturated heterocycles. The van der Waals surface area contributed by atoms with E-state index in [4.69, 9.17) is 28.9 Å². The smallest absolute Gasteiger partial charge is 0.174 e. The Balaban J connectivity index is 0.773. The molecule has 362 valence electrons. The molecule has 0 aromatic carbocycles. The van der Waals surface area contributed by atoms with Crippen molar-refractivity contribution in [1.82, 2.24) is 9.97 Å². The predicted molar refractivity (Wildman–Crippen MR) is 243 cm³/mol. The third kappa shape index (κ3) is 5.02. The van der Waals surface area contributed by atoms with Gasteiger partial charge in [-0.15, -0.1) is 0 Å². The molecule has 5 saturated carbocycles. The fraction of sp³-hybridized carbons (Fsp3) is 0.873. The maximum absolute atomic E-state index is 14.8. The molecule has 0 radical (unpaired) electrons. The number of aliphatic hydroxyl groups is 4. The average molecular weight is 911 g/mol. The quantitative estimate of drug-likeness (QED) is 0.199. The van der Waals surface area contributed by atoms with Gasteiger partial charge < -0.3 is 39.4 Å². The molecule has 11 nitrogen and oxygen atoms in total. The van der Waals surface area contributed by atoms with E-state index in [9.17, 15) is 25.2 Å². The van der Waals surface area contributed by atoms with Crippen LogP contribution < -0.4 is 0 Å². The number of carbonyl (C=O) groups excluding carboxylic acids is 1. The van der Waals surface area contributed by atoms with E-state index in [1.165, 1.54) is 5.57 Å². The summed E-state index contributed by atoms with van der Waals surface area (Å²) < 4.78 is 26.8. The Morgan fingerprint density at radius 2 is 1.39 bits per heavy atom. The number of Topliss-reactive ketones (excluding diaryl/α,β-unsaturated/α-hetero) is 1. The molecule has 1 aromatic rings. The zero-order valence-corrected chi connectivity index (χ0v) is 41.4. The largest absolute Gasteiger partial charge is 0.392 e. The Kier molecular flexibility index (Phi) is 8.68. The van der Waals surface area contributed by atoms with Crippen LogP contribution in [0.2, 0.25) is 0 Å². The molecule has 66 heavy (non-hydrogen) atoms. The average Bonchev–Trinajstić information content (AvgIpc) is 3.99. The van der Waals surface area contributed by atoms with Gasteiger partial charge in [-0.05, 0) is 145 Å². The first-order valence-corrected chi connectivity index (χ1v) is 26.5. The summed E-state index contributed by atoms with van der Waals surface area (Å²) in [7, 11) is 0. The first kappa shape index (κ1) is 44.1. The zero-order chi connectivity index (χ0) is 46.5. The lowest BCUT2D eigenvalue weighted by Gasteiger charge is -2.63. The molecule has 9 fully saturated rings. The fourth-order valence-electron chi connectivity index (χ4n) is 20.1. The lowest BCUT2D eigenvalue weighted by molar-refractivity contribution is -0.289. The molecule has 1 aromatic heterocycles. The van der Waals surface area contributed by atoms with E-state index < -0.39 is 51.4 Å². The Hall–Kier alpha value is -1.83. The molecule has 11 heteroatoms. The predicted octanol–water partition coefficient (Wildman–Crippen LogP) is 7.00. The minimum atomic E-state index is -1.19. The molecule has 5 heterocycles. The first-order valence-electron chi connectivity index (χ1n) is 26.5. The topological polar surface area (TPSA) is 161 Å². The van der Waals surface area contributed by atoms with Crippen LogP contribution in [0.1, 0.15) is 156 Å². The summed E-state index contributed by atoms with van der Waals surface area (Å²) in [4.78, 5) is 26.0. The van der Waals surface area contributed by atoms with Gasteiger partial charge in [0.15, 0.2) is 11.6 Å². The number of aliphatic hydroxyl groups excluding tert-OH is 1. The number of rotatable bonds is 0. The highest BCUT2D eigenvalue weighted by molar-refractivity contribution is 5.90. The van der Waals surface area contributed by atoms with E-state index in [2.05, 4.69) is 61.5 Å². The Labute approximate surface area is 392 Å². The molecule has 4 aliphatic heterocycles. The number of ketones is 1. The van der Waals surface area contributed by atoms with Gasteiger partial charge in [0.05, 0.1) is 63.8 Å². The van der Waals surface area contributed by atoms with Gasteiger partial charge in [-0.25, -0.2) is 0 Å². The van der Waals surface area contributed by atoms with Gasteiger partial charge in [0, 0.05) is 48.3 Å². The van der Waals surface area contributed by atoms with E-state index >= 15 is 0 Å². The van der Waals surface area contributed by atoms with Crippen molar-refractivity contribution >= 4 is 5.78 Å². The van der Waals surface area contributed by atoms with Gasteiger partial charge in [0.25, 0.3) is 0 Å². The summed E-state index contributed by atoms with van der Waals surface area (Å²) in [5, 5.41) is 49.1. The summed E-state index contributed by atoms with van der Waals surface area (Å²) in [5.41, 5.74) is 0.467. The zero-order valence-electron chi connectivity index (χ0n) is 41.4. The summed E-state index contributed by atoms with van der Waals surface area (Å²) in [6.45, 7) is 21.9. The normalized spacial score (nSPS) is 59.2. The molecule has 12 aliphatic rings. The second-order valence-electron chi connectivity index (χ2n) is 27.1. The van der Waals surface area contributed by atoms with Gasteiger partial charge in [-0.2, -0.15) is 0 Å². The number of carbonyl (C=O) groups is 1. The van der Waals surface area contributed by atoms with E-state index in [1.807, 2.05) is 6.92 Å². The van der Waals surface area contributed by atoms with Gasteiger partial charge in [-0.1, -0.05) is 53.2 Å². The molecular formula is C55H78N2O9. The first-order chi connectivity index (χ1) is 30.8. The van der Waals surface area contributed by atoms with Gasteiger partial charge in [0.1, 0.15) is 17.5 Å². The summed E-state index contributed by atoms with van der Waals surface area (Å²) in [5.74, 6) is -0.649. The SMILES string of the molecule is C[C@@H]1[C@@]2(CC[C@](C)(O)CO2)O[C@H]2C=C3[C@@H]4[C@@H](O)C[C@H]5Cc6nc7c(nc6C[C@]5(C)[C@H]4C[C@@H](C)[C@]3(C)[C@]21O)C[C@@H]1CC[C@@H]2[C@H](CC(=O)[C@]23C[C@@H]2O[C@@]4(CCC(C)(C)O4)[C@@H](C)[C@@H]2[C@]3(C)O)[C@@]1(C)C7. The van der Waals surface area contributed by atoms with Crippen LogP contribution in [0.4, 0.5) is 0 Å². The van der Waals surface area contributed by atoms with Crippen molar-refractivity contribution in [2.24, 2.45) is 80.8 Å². The van der Waals surface area contributed by atoms with Crippen LogP contribution in [-0.4, -0.2) is 95.1 Å². The Bertz CT molecular complexity index is 2340. The monoisotopic (exact) mass is 911 g/mol. The van der Waals surface area contributed by atoms with Crippen LogP contribution in [0.3, 0.4) is 0 Å². The molecule has 0 amide bonds. The van der Waals surface area contributed by atoms with E-state index in [1.54, 1.807) is 6.92 Å². The number of hydrogen-bond acceptors (Lipinski definition) is 11. The van der Waals surface area contributed by atoms with Crippen LogP contribution in [0.25, 0.3) is 0 Å². The van der Waals surface area contributed by atoms with Crippen molar-refractivity contribution < 1.29 is 44.2 Å². The number of nitrogens with zero attached hydrogens (tertiary/aromatic N) is 2. The van der Waals surface area contributed by atoms with Gasteiger partial charge in [0.2, 0.25) is 0 Å². The van der Waals surface area contributed by atoms with E-state index in [-0.39, 0.29) is 88.2 Å². The molecule has 0 bridgehead atoms. The lowest BCUT2D eigenvalue weighted by atomic mass is 9.42. The van der Waals surface area contributed by atoms with Crippen molar-refractivity contribution in [3.63, 3.8) is 0 Å². The Morgan fingerprint density at radius 1 is 0.727 bits per heavy atom.